The molecular formula is C13H17Br2N. The maximum absolute atomic E-state index is 6.38. The van der Waals surface area contributed by atoms with E-state index in [-0.39, 0.29) is 6.04 Å². The third kappa shape index (κ3) is 2.88. The molecule has 2 rings (SSSR count). The number of nitrogens with two attached hydrogens (primary N) is 1. The number of rotatable bonds is 2. The Morgan fingerprint density at radius 1 is 1.12 bits per heavy atom. The lowest BCUT2D eigenvalue weighted by Gasteiger charge is -2.28. The monoisotopic (exact) mass is 345 g/mol. The van der Waals surface area contributed by atoms with Gasteiger partial charge < -0.3 is 5.73 Å². The van der Waals surface area contributed by atoms with Gasteiger partial charge in [0.1, 0.15) is 0 Å². The van der Waals surface area contributed by atoms with E-state index in [9.17, 15) is 0 Å². The first-order valence-electron chi connectivity index (χ1n) is 5.89. The van der Waals surface area contributed by atoms with Crippen LogP contribution in [0.25, 0.3) is 0 Å². The van der Waals surface area contributed by atoms with Crippen molar-refractivity contribution in [3.05, 3.63) is 32.7 Å². The molecular weight excluding hydrogens is 330 g/mol. The van der Waals surface area contributed by atoms with Crippen molar-refractivity contribution in [3.63, 3.8) is 0 Å². The highest BCUT2D eigenvalue weighted by Crippen LogP contribution is 2.36. The summed E-state index contributed by atoms with van der Waals surface area (Å²) in [5.41, 5.74) is 7.62. The van der Waals surface area contributed by atoms with Crippen LogP contribution in [0, 0.1) is 5.92 Å². The Hall–Kier alpha value is 0.140. The fourth-order valence-electron chi connectivity index (χ4n) is 2.52. The molecule has 0 saturated heterocycles. The third-order valence-corrected chi connectivity index (χ3v) is 4.66. The summed E-state index contributed by atoms with van der Waals surface area (Å²) in [6.45, 7) is 0. The van der Waals surface area contributed by atoms with E-state index >= 15 is 0 Å². The van der Waals surface area contributed by atoms with Gasteiger partial charge in [0.15, 0.2) is 0 Å². The maximum atomic E-state index is 6.38. The van der Waals surface area contributed by atoms with Crippen LogP contribution < -0.4 is 5.73 Å². The van der Waals surface area contributed by atoms with E-state index in [1.165, 1.54) is 37.7 Å². The lowest BCUT2D eigenvalue weighted by atomic mass is 9.81. The largest absolute Gasteiger partial charge is 0.324 e. The minimum atomic E-state index is 0.183. The predicted molar refractivity (Wildman–Crippen MR) is 75.3 cm³/mol. The van der Waals surface area contributed by atoms with Crippen molar-refractivity contribution in [1.82, 2.24) is 0 Å². The van der Waals surface area contributed by atoms with Gasteiger partial charge in [0, 0.05) is 15.0 Å². The molecule has 1 aliphatic carbocycles. The van der Waals surface area contributed by atoms with Crippen LogP contribution in [0.2, 0.25) is 0 Å². The highest BCUT2D eigenvalue weighted by atomic mass is 79.9. The molecule has 0 bridgehead atoms. The van der Waals surface area contributed by atoms with Gasteiger partial charge in [-0.3, -0.25) is 0 Å². The van der Waals surface area contributed by atoms with Crippen molar-refractivity contribution in [2.75, 3.05) is 0 Å². The number of benzene rings is 1. The van der Waals surface area contributed by atoms with Crippen molar-refractivity contribution in [1.29, 1.82) is 0 Å². The first kappa shape index (κ1) is 12.6. The summed E-state index contributed by atoms with van der Waals surface area (Å²) in [6.07, 6.45) is 6.62. The van der Waals surface area contributed by atoms with Crippen LogP contribution in [-0.2, 0) is 0 Å². The van der Waals surface area contributed by atoms with Crippen LogP contribution in [0.1, 0.15) is 43.7 Å². The van der Waals surface area contributed by atoms with Crippen LogP contribution in [0.15, 0.2) is 27.1 Å². The summed E-state index contributed by atoms with van der Waals surface area (Å²) in [7, 11) is 0. The molecule has 1 unspecified atom stereocenters. The molecule has 1 fully saturated rings. The van der Waals surface area contributed by atoms with Gasteiger partial charge in [-0.15, -0.1) is 0 Å². The molecule has 16 heavy (non-hydrogen) atoms. The lowest BCUT2D eigenvalue weighted by Crippen LogP contribution is -2.23. The van der Waals surface area contributed by atoms with Crippen LogP contribution >= 0.6 is 31.9 Å². The Morgan fingerprint density at radius 2 is 1.81 bits per heavy atom. The molecule has 1 aliphatic rings. The molecule has 88 valence electrons. The van der Waals surface area contributed by atoms with Crippen LogP contribution in [0.5, 0.6) is 0 Å². The van der Waals surface area contributed by atoms with E-state index in [2.05, 4.69) is 50.1 Å². The zero-order chi connectivity index (χ0) is 11.5. The molecule has 1 aromatic rings. The maximum Gasteiger partial charge on any atom is 0.0334 e. The summed E-state index contributed by atoms with van der Waals surface area (Å²) >= 11 is 7.07. The topological polar surface area (TPSA) is 26.0 Å². The van der Waals surface area contributed by atoms with Gasteiger partial charge in [-0.1, -0.05) is 57.2 Å². The average molecular weight is 347 g/mol. The van der Waals surface area contributed by atoms with E-state index < -0.39 is 0 Å². The van der Waals surface area contributed by atoms with Crippen LogP contribution in [0.3, 0.4) is 0 Å². The fraction of sp³-hybridized carbons (Fsp3) is 0.538. The summed E-state index contributed by atoms with van der Waals surface area (Å²) in [6, 6.07) is 6.47. The first-order valence-corrected chi connectivity index (χ1v) is 7.47. The Bertz CT molecular complexity index is 359. The molecule has 0 heterocycles. The van der Waals surface area contributed by atoms with E-state index in [0.717, 1.165) is 8.95 Å². The van der Waals surface area contributed by atoms with E-state index in [1.807, 2.05) is 0 Å². The lowest BCUT2D eigenvalue weighted by molar-refractivity contribution is 0.307. The quantitative estimate of drug-likeness (QED) is 0.818. The van der Waals surface area contributed by atoms with E-state index in [4.69, 9.17) is 5.73 Å². The van der Waals surface area contributed by atoms with Gasteiger partial charge in [0.2, 0.25) is 0 Å². The molecule has 3 heteroatoms. The minimum Gasteiger partial charge on any atom is -0.324 e. The van der Waals surface area contributed by atoms with Crippen molar-refractivity contribution >= 4 is 31.9 Å². The molecule has 0 aliphatic heterocycles. The molecule has 1 aromatic carbocycles. The SMILES string of the molecule is NC(c1ccc(Br)cc1Br)C1CCCCC1. The Kier molecular flexibility index (Phi) is 4.45. The number of hydrogen-bond acceptors (Lipinski definition) is 1. The van der Waals surface area contributed by atoms with Gasteiger partial charge in [-0.2, -0.15) is 0 Å². The van der Waals surface area contributed by atoms with Gasteiger partial charge >= 0.3 is 0 Å². The first-order chi connectivity index (χ1) is 7.68. The van der Waals surface area contributed by atoms with Gasteiger partial charge in [0.25, 0.3) is 0 Å². The Balaban J connectivity index is 2.15. The third-order valence-electron chi connectivity index (χ3n) is 3.48. The molecule has 1 atom stereocenters. The number of hydrogen-bond donors (Lipinski definition) is 1. The normalized spacial score (nSPS) is 19.7. The summed E-state index contributed by atoms with van der Waals surface area (Å²) in [5.74, 6) is 0.659. The Morgan fingerprint density at radius 3 is 2.44 bits per heavy atom. The summed E-state index contributed by atoms with van der Waals surface area (Å²) in [5, 5.41) is 0. The van der Waals surface area contributed by atoms with E-state index in [0.29, 0.717) is 5.92 Å². The Labute approximate surface area is 114 Å². The second-order valence-corrected chi connectivity index (χ2v) is 6.36. The standard InChI is InChI=1S/C13H17Br2N/c14-10-6-7-11(12(15)8-10)13(16)9-4-2-1-3-5-9/h6-9,13H,1-5,16H2. The molecule has 0 spiro atoms. The zero-order valence-corrected chi connectivity index (χ0v) is 12.4. The van der Waals surface area contributed by atoms with Crippen molar-refractivity contribution in [2.24, 2.45) is 11.7 Å². The molecule has 1 nitrogen and oxygen atoms in total. The second kappa shape index (κ2) is 5.65. The van der Waals surface area contributed by atoms with E-state index in [1.54, 1.807) is 0 Å². The fourth-order valence-corrected chi connectivity index (χ4v) is 3.83. The molecule has 1 saturated carbocycles. The van der Waals surface area contributed by atoms with Gasteiger partial charge in [-0.25, -0.2) is 0 Å². The second-order valence-electron chi connectivity index (χ2n) is 4.59. The summed E-state index contributed by atoms with van der Waals surface area (Å²) in [4.78, 5) is 0. The van der Waals surface area contributed by atoms with Crippen molar-refractivity contribution < 1.29 is 0 Å². The zero-order valence-electron chi connectivity index (χ0n) is 9.26. The minimum absolute atomic E-state index is 0.183. The predicted octanol–water partition coefficient (Wildman–Crippen LogP) is 4.79. The van der Waals surface area contributed by atoms with Crippen molar-refractivity contribution in [3.8, 4) is 0 Å². The summed E-state index contributed by atoms with van der Waals surface area (Å²) < 4.78 is 2.22. The smallest absolute Gasteiger partial charge is 0.0334 e. The van der Waals surface area contributed by atoms with Crippen LogP contribution in [0.4, 0.5) is 0 Å². The van der Waals surface area contributed by atoms with Gasteiger partial charge in [-0.05, 0) is 36.5 Å². The molecule has 0 amide bonds. The molecule has 0 aromatic heterocycles. The highest BCUT2D eigenvalue weighted by Gasteiger charge is 2.23. The number of halogens is 2. The van der Waals surface area contributed by atoms with Gasteiger partial charge in [0.05, 0.1) is 0 Å². The van der Waals surface area contributed by atoms with Crippen molar-refractivity contribution in [2.45, 2.75) is 38.1 Å². The average Bonchev–Trinajstić information content (AvgIpc) is 2.29. The van der Waals surface area contributed by atoms with Crippen LogP contribution in [-0.4, -0.2) is 0 Å². The highest BCUT2D eigenvalue weighted by molar-refractivity contribution is 9.11. The molecule has 2 N–H and O–H groups in total. The molecule has 0 radical (unpaired) electrons.